The Bertz CT molecular complexity index is 331. The first-order chi connectivity index (χ1) is 7.65. The smallest absolute Gasteiger partial charge is 0.127 e. The molecule has 0 bridgehead atoms. The Morgan fingerprint density at radius 3 is 2.88 bits per heavy atom. The molecule has 0 heterocycles. The van der Waals surface area contributed by atoms with Crippen molar-refractivity contribution >= 4 is 11.8 Å². The van der Waals surface area contributed by atoms with Crippen molar-refractivity contribution in [3.63, 3.8) is 0 Å². The van der Waals surface area contributed by atoms with Crippen LogP contribution >= 0.6 is 11.8 Å². The number of nitrogens with two attached hydrogens (primary N) is 1. The van der Waals surface area contributed by atoms with Gasteiger partial charge < -0.3 is 10.5 Å². The third-order valence-electron chi connectivity index (χ3n) is 2.16. The van der Waals surface area contributed by atoms with Crippen LogP contribution in [0.25, 0.3) is 0 Å². The molecule has 0 spiro atoms. The largest absolute Gasteiger partial charge is 0.492 e. The molecule has 1 atom stereocenters. The van der Waals surface area contributed by atoms with Crippen molar-refractivity contribution in [1.82, 2.24) is 0 Å². The molecule has 0 radical (unpaired) electrons. The molecule has 0 fully saturated rings. The summed E-state index contributed by atoms with van der Waals surface area (Å²) < 4.78 is 18.6. The van der Waals surface area contributed by atoms with Gasteiger partial charge in [0.05, 0.1) is 6.61 Å². The van der Waals surface area contributed by atoms with E-state index in [9.17, 15) is 4.39 Å². The van der Waals surface area contributed by atoms with Crippen molar-refractivity contribution in [1.29, 1.82) is 0 Å². The fraction of sp³-hybridized carbons (Fsp3) is 0.500. The van der Waals surface area contributed by atoms with E-state index in [-0.39, 0.29) is 11.9 Å². The molecule has 1 aromatic rings. The lowest BCUT2D eigenvalue weighted by atomic mass is 10.1. The Hall–Kier alpha value is -0.740. The first-order valence-electron chi connectivity index (χ1n) is 5.40. The summed E-state index contributed by atoms with van der Waals surface area (Å²) in [6.07, 6.45) is 0. The second-order valence-electron chi connectivity index (χ2n) is 3.52. The van der Waals surface area contributed by atoms with Crippen molar-refractivity contribution < 1.29 is 9.13 Å². The topological polar surface area (TPSA) is 35.2 Å². The molecular formula is C12H18FNOS. The highest BCUT2D eigenvalue weighted by Gasteiger charge is 2.09. The molecule has 1 rings (SSSR count). The second kappa shape index (κ2) is 6.76. The third-order valence-corrected chi connectivity index (χ3v) is 3.02. The van der Waals surface area contributed by atoms with E-state index in [1.807, 2.05) is 6.92 Å². The second-order valence-corrected chi connectivity index (χ2v) is 4.91. The summed E-state index contributed by atoms with van der Waals surface area (Å²) in [5.41, 5.74) is 6.64. The van der Waals surface area contributed by atoms with Crippen LogP contribution in [0.3, 0.4) is 0 Å². The van der Waals surface area contributed by atoms with Crippen molar-refractivity contribution in [2.24, 2.45) is 5.73 Å². The van der Waals surface area contributed by atoms with Gasteiger partial charge in [-0.05, 0) is 18.7 Å². The standard InChI is InChI=1S/C12H18FNOS/c1-3-16-7-6-15-12-8-10(13)4-5-11(12)9(2)14/h4-5,8-9H,3,6-7,14H2,1-2H3. The predicted octanol–water partition coefficient (Wildman–Crippen LogP) is 2.98. The highest BCUT2D eigenvalue weighted by molar-refractivity contribution is 7.99. The van der Waals surface area contributed by atoms with Crippen LogP contribution in [0.4, 0.5) is 4.39 Å². The Morgan fingerprint density at radius 1 is 1.50 bits per heavy atom. The van der Waals surface area contributed by atoms with E-state index >= 15 is 0 Å². The number of ether oxygens (including phenoxy) is 1. The maximum absolute atomic E-state index is 13.1. The Morgan fingerprint density at radius 2 is 2.25 bits per heavy atom. The van der Waals surface area contributed by atoms with Gasteiger partial charge in [-0.15, -0.1) is 0 Å². The van der Waals surface area contributed by atoms with Crippen LogP contribution in [-0.2, 0) is 0 Å². The summed E-state index contributed by atoms with van der Waals surface area (Å²) in [6.45, 7) is 4.54. The molecule has 16 heavy (non-hydrogen) atoms. The maximum Gasteiger partial charge on any atom is 0.127 e. The minimum atomic E-state index is -0.289. The van der Waals surface area contributed by atoms with Crippen LogP contribution < -0.4 is 10.5 Å². The molecular weight excluding hydrogens is 225 g/mol. The summed E-state index contributed by atoms with van der Waals surface area (Å²) in [4.78, 5) is 0. The maximum atomic E-state index is 13.1. The highest BCUT2D eigenvalue weighted by atomic mass is 32.2. The molecule has 0 saturated heterocycles. The van der Waals surface area contributed by atoms with Gasteiger partial charge in [0.25, 0.3) is 0 Å². The lowest BCUT2D eigenvalue weighted by Crippen LogP contribution is -2.09. The zero-order valence-corrected chi connectivity index (χ0v) is 10.5. The molecule has 0 aliphatic heterocycles. The average Bonchev–Trinajstić information content (AvgIpc) is 2.24. The van der Waals surface area contributed by atoms with E-state index in [0.717, 1.165) is 17.1 Å². The molecule has 4 heteroatoms. The fourth-order valence-electron chi connectivity index (χ4n) is 1.36. The van der Waals surface area contributed by atoms with Gasteiger partial charge in [0, 0.05) is 23.4 Å². The number of thioether (sulfide) groups is 1. The molecule has 0 aromatic heterocycles. The number of halogens is 1. The van der Waals surface area contributed by atoms with Gasteiger partial charge in [0.2, 0.25) is 0 Å². The number of benzene rings is 1. The summed E-state index contributed by atoms with van der Waals surface area (Å²) in [5.74, 6) is 2.24. The minimum absolute atomic E-state index is 0.144. The Balaban J connectivity index is 2.65. The first kappa shape index (κ1) is 13.3. The van der Waals surface area contributed by atoms with Crippen LogP contribution in [0.5, 0.6) is 5.75 Å². The fourth-order valence-corrected chi connectivity index (χ4v) is 1.85. The van der Waals surface area contributed by atoms with Crippen LogP contribution in [0, 0.1) is 5.82 Å². The van der Waals surface area contributed by atoms with Gasteiger partial charge in [-0.2, -0.15) is 11.8 Å². The van der Waals surface area contributed by atoms with E-state index in [0.29, 0.717) is 12.4 Å². The van der Waals surface area contributed by atoms with E-state index in [1.165, 1.54) is 12.1 Å². The van der Waals surface area contributed by atoms with Gasteiger partial charge in [0.15, 0.2) is 0 Å². The molecule has 0 aliphatic carbocycles. The summed E-state index contributed by atoms with van der Waals surface area (Å²) in [6, 6.07) is 4.35. The van der Waals surface area contributed by atoms with Crippen LogP contribution in [0.1, 0.15) is 25.5 Å². The van der Waals surface area contributed by atoms with Crippen LogP contribution in [0.15, 0.2) is 18.2 Å². The first-order valence-corrected chi connectivity index (χ1v) is 6.56. The summed E-state index contributed by atoms with van der Waals surface area (Å²) >= 11 is 1.80. The van der Waals surface area contributed by atoms with Gasteiger partial charge in [-0.25, -0.2) is 4.39 Å². The van der Waals surface area contributed by atoms with E-state index in [4.69, 9.17) is 10.5 Å². The molecule has 1 aromatic carbocycles. The SMILES string of the molecule is CCSCCOc1cc(F)ccc1C(C)N. The predicted molar refractivity (Wildman–Crippen MR) is 67.5 cm³/mol. The Kier molecular flexibility index (Phi) is 5.63. The zero-order chi connectivity index (χ0) is 12.0. The quantitative estimate of drug-likeness (QED) is 0.780. The molecule has 2 nitrogen and oxygen atoms in total. The van der Waals surface area contributed by atoms with Gasteiger partial charge in [-0.1, -0.05) is 13.0 Å². The van der Waals surface area contributed by atoms with Crippen LogP contribution in [0.2, 0.25) is 0 Å². The molecule has 90 valence electrons. The lowest BCUT2D eigenvalue weighted by molar-refractivity contribution is 0.336. The highest BCUT2D eigenvalue weighted by Crippen LogP contribution is 2.24. The van der Waals surface area contributed by atoms with Crippen LogP contribution in [-0.4, -0.2) is 18.1 Å². The molecule has 0 saturated carbocycles. The number of hydrogen-bond donors (Lipinski definition) is 1. The Labute approximate surface area is 100 Å². The average molecular weight is 243 g/mol. The van der Waals surface area contributed by atoms with E-state index < -0.39 is 0 Å². The zero-order valence-electron chi connectivity index (χ0n) is 9.70. The molecule has 0 aliphatic rings. The molecule has 1 unspecified atom stereocenters. The van der Waals surface area contributed by atoms with Gasteiger partial charge in [-0.3, -0.25) is 0 Å². The minimum Gasteiger partial charge on any atom is -0.492 e. The summed E-state index contributed by atoms with van der Waals surface area (Å²) in [7, 11) is 0. The third kappa shape index (κ3) is 4.02. The monoisotopic (exact) mass is 243 g/mol. The van der Waals surface area contributed by atoms with Gasteiger partial charge in [0.1, 0.15) is 11.6 Å². The van der Waals surface area contributed by atoms with Crippen molar-refractivity contribution in [2.75, 3.05) is 18.1 Å². The molecule has 2 N–H and O–H groups in total. The van der Waals surface area contributed by atoms with Gasteiger partial charge >= 0.3 is 0 Å². The van der Waals surface area contributed by atoms with E-state index in [2.05, 4.69) is 6.92 Å². The normalized spacial score (nSPS) is 12.5. The van der Waals surface area contributed by atoms with Crippen molar-refractivity contribution in [2.45, 2.75) is 19.9 Å². The molecule has 0 amide bonds. The van der Waals surface area contributed by atoms with Crippen molar-refractivity contribution in [3.05, 3.63) is 29.6 Å². The number of rotatable bonds is 6. The van der Waals surface area contributed by atoms with E-state index in [1.54, 1.807) is 17.8 Å². The number of hydrogen-bond acceptors (Lipinski definition) is 3. The van der Waals surface area contributed by atoms with Crippen molar-refractivity contribution in [3.8, 4) is 5.75 Å². The summed E-state index contributed by atoms with van der Waals surface area (Å²) in [5, 5.41) is 0. The lowest BCUT2D eigenvalue weighted by Gasteiger charge is -2.13.